The van der Waals surface area contributed by atoms with Crippen molar-refractivity contribution < 1.29 is 14.7 Å². The van der Waals surface area contributed by atoms with E-state index < -0.39 is 6.09 Å². The van der Waals surface area contributed by atoms with E-state index in [4.69, 9.17) is 5.11 Å². The first-order valence-electron chi connectivity index (χ1n) is 4.75. The second-order valence-corrected chi connectivity index (χ2v) is 3.63. The van der Waals surface area contributed by atoms with Gasteiger partial charge < -0.3 is 10.4 Å². The van der Waals surface area contributed by atoms with Crippen LogP contribution in [0.25, 0.3) is 0 Å². The van der Waals surface area contributed by atoms with Gasteiger partial charge in [-0.15, -0.1) is 6.58 Å². The van der Waals surface area contributed by atoms with Crippen molar-refractivity contribution in [2.24, 2.45) is 11.8 Å². The number of allylic oxidation sites excluding steroid dienone is 1. The predicted molar refractivity (Wildman–Crippen MR) is 52.1 cm³/mol. The molecule has 0 bridgehead atoms. The zero-order valence-electron chi connectivity index (χ0n) is 8.03. The number of nitrogens with one attached hydrogen (secondary N) is 1. The van der Waals surface area contributed by atoms with Gasteiger partial charge in [0, 0.05) is 18.9 Å². The number of ketones is 1. The third-order valence-corrected chi connectivity index (χ3v) is 2.64. The van der Waals surface area contributed by atoms with Gasteiger partial charge in [0.15, 0.2) is 0 Å². The molecule has 0 aromatic carbocycles. The molecular weight excluding hydrogens is 182 g/mol. The van der Waals surface area contributed by atoms with E-state index in [1.54, 1.807) is 6.08 Å². The average Bonchev–Trinajstić information content (AvgIpc) is 2.15. The summed E-state index contributed by atoms with van der Waals surface area (Å²) in [7, 11) is 0. The highest BCUT2D eigenvalue weighted by atomic mass is 16.4. The number of amides is 1. The van der Waals surface area contributed by atoms with Crippen LogP contribution in [0, 0.1) is 11.8 Å². The Kier molecular flexibility index (Phi) is 3.68. The number of hydrogen-bond donors (Lipinski definition) is 2. The Hall–Kier alpha value is -1.32. The summed E-state index contributed by atoms with van der Waals surface area (Å²) in [5, 5.41) is 10.6. The maximum Gasteiger partial charge on any atom is 0.404 e. The van der Waals surface area contributed by atoms with Crippen molar-refractivity contribution in [3.63, 3.8) is 0 Å². The second kappa shape index (κ2) is 4.79. The fourth-order valence-corrected chi connectivity index (χ4v) is 1.73. The Balaban J connectivity index is 2.38. The molecule has 1 saturated carbocycles. The topological polar surface area (TPSA) is 66.4 Å². The number of carbonyl (C=O) groups is 2. The second-order valence-electron chi connectivity index (χ2n) is 3.63. The van der Waals surface area contributed by atoms with E-state index in [-0.39, 0.29) is 24.2 Å². The van der Waals surface area contributed by atoms with Gasteiger partial charge in [-0.3, -0.25) is 4.79 Å². The van der Waals surface area contributed by atoms with Crippen LogP contribution < -0.4 is 5.32 Å². The third-order valence-electron chi connectivity index (χ3n) is 2.64. The Labute approximate surface area is 83.0 Å². The molecule has 2 atom stereocenters. The molecule has 1 rings (SSSR count). The molecule has 0 aromatic heterocycles. The minimum absolute atomic E-state index is 0.137. The molecule has 4 nitrogen and oxygen atoms in total. The molecule has 2 N–H and O–H groups in total. The van der Waals surface area contributed by atoms with Crippen LogP contribution in [0.15, 0.2) is 12.7 Å². The van der Waals surface area contributed by atoms with E-state index in [0.717, 1.165) is 12.8 Å². The quantitative estimate of drug-likeness (QED) is 0.672. The van der Waals surface area contributed by atoms with Gasteiger partial charge in [-0.1, -0.05) is 6.08 Å². The summed E-state index contributed by atoms with van der Waals surface area (Å²) in [6, 6.07) is 0. The molecule has 1 amide bonds. The normalized spacial score (nSPS) is 27.0. The third kappa shape index (κ3) is 2.87. The fourth-order valence-electron chi connectivity index (χ4n) is 1.73. The van der Waals surface area contributed by atoms with Crippen molar-refractivity contribution >= 4 is 11.9 Å². The lowest BCUT2D eigenvalue weighted by Crippen LogP contribution is -2.35. The van der Waals surface area contributed by atoms with Gasteiger partial charge in [0.1, 0.15) is 5.78 Å². The molecule has 14 heavy (non-hydrogen) atoms. The minimum Gasteiger partial charge on any atom is -0.465 e. The van der Waals surface area contributed by atoms with Gasteiger partial charge in [0.05, 0.1) is 0 Å². The lowest BCUT2D eigenvalue weighted by molar-refractivity contribution is -0.125. The zero-order chi connectivity index (χ0) is 10.6. The van der Waals surface area contributed by atoms with Crippen LogP contribution in [0.1, 0.15) is 19.3 Å². The van der Waals surface area contributed by atoms with Crippen LogP contribution >= 0.6 is 0 Å². The Morgan fingerprint density at radius 2 is 2.36 bits per heavy atom. The minimum atomic E-state index is -1.07. The van der Waals surface area contributed by atoms with Crippen molar-refractivity contribution in [3.05, 3.63) is 12.7 Å². The van der Waals surface area contributed by atoms with Crippen LogP contribution in [0.2, 0.25) is 0 Å². The maximum atomic E-state index is 11.5. The van der Waals surface area contributed by atoms with Gasteiger partial charge in [0.25, 0.3) is 0 Å². The monoisotopic (exact) mass is 197 g/mol. The number of Topliss-reactive ketones (excluding diaryl/α,β-unsaturated/α-hetero) is 1. The zero-order valence-corrected chi connectivity index (χ0v) is 8.03. The lowest BCUT2D eigenvalue weighted by Gasteiger charge is -2.24. The molecule has 1 fully saturated rings. The summed E-state index contributed by atoms with van der Waals surface area (Å²) in [6.45, 7) is 3.90. The van der Waals surface area contributed by atoms with Crippen LogP contribution in [0.3, 0.4) is 0 Å². The molecule has 0 aromatic rings. The van der Waals surface area contributed by atoms with Crippen molar-refractivity contribution in [2.45, 2.75) is 19.3 Å². The molecule has 0 spiro atoms. The van der Waals surface area contributed by atoms with Crippen LogP contribution in [0.4, 0.5) is 4.79 Å². The Bertz CT molecular complexity index is 250. The van der Waals surface area contributed by atoms with Gasteiger partial charge >= 0.3 is 6.09 Å². The summed E-state index contributed by atoms with van der Waals surface area (Å²) >= 11 is 0. The Morgan fingerprint density at radius 1 is 1.64 bits per heavy atom. The van der Waals surface area contributed by atoms with Crippen LogP contribution in [0.5, 0.6) is 0 Å². The number of carbonyl (C=O) groups excluding carboxylic acids is 1. The number of rotatable bonds is 3. The number of carboxylic acid groups (broad SMARTS) is 1. The molecule has 0 heterocycles. The van der Waals surface area contributed by atoms with E-state index in [2.05, 4.69) is 11.9 Å². The van der Waals surface area contributed by atoms with Crippen molar-refractivity contribution in [1.29, 1.82) is 0 Å². The van der Waals surface area contributed by atoms with Crippen molar-refractivity contribution in [1.82, 2.24) is 5.32 Å². The van der Waals surface area contributed by atoms with E-state index in [1.807, 2.05) is 0 Å². The first-order valence-corrected chi connectivity index (χ1v) is 4.75. The first-order chi connectivity index (χ1) is 6.63. The highest BCUT2D eigenvalue weighted by Crippen LogP contribution is 2.26. The van der Waals surface area contributed by atoms with E-state index in [0.29, 0.717) is 6.42 Å². The molecule has 1 aliphatic carbocycles. The van der Waals surface area contributed by atoms with Crippen LogP contribution in [-0.2, 0) is 4.79 Å². The van der Waals surface area contributed by atoms with Crippen molar-refractivity contribution in [2.75, 3.05) is 6.54 Å². The van der Waals surface area contributed by atoms with Crippen LogP contribution in [-0.4, -0.2) is 23.5 Å². The molecule has 0 saturated heterocycles. The average molecular weight is 197 g/mol. The van der Waals surface area contributed by atoms with Gasteiger partial charge in [-0.05, 0) is 18.8 Å². The van der Waals surface area contributed by atoms with Gasteiger partial charge in [-0.25, -0.2) is 4.79 Å². The first kappa shape index (κ1) is 10.8. The molecular formula is C10H15NO3. The van der Waals surface area contributed by atoms with Crippen molar-refractivity contribution in [3.8, 4) is 0 Å². The molecule has 0 aliphatic heterocycles. The molecule has 4 heteroatoms. The standard InChI is InChI=1S/C10H15NO3/c1-2-7-3-4-8(9(12)5-7)6-11-10(13)14/h2,7-8,11H,1,3-6H2,(H,13,14). The smallest absolute Gasteiger partial charge is 0.404 e. The van der Waals surface area contributed by atoms with E-state index in [9.17, 15) is 9.59 Å². The summed E-state index contributed by atoms with van der Waals surface area (Å²) in [4.78, 5) is 21.7. The maximum absolute atomic E-state index is 11.5. The highest BCUT2D eigenvalue weighted by molar-refractivity contribution is 5.82. The lowest BCUT2D eigenvalue weighted by atomic mass is 9.81. The SMILES string of the molecule is C=CC1CCC(CNC(=O)O)C(=O)C1. The molecule has 2 unspecified atom stereocenters. The summed E-state index contributed by atoms with van der Waals surface area (Å²) < 4.78 is 0. The largest absolute Gasteiger partial charge is 0.465 e. The van der Waals surface area contributed by atoms with E-state index in [1.165, 1.54) is 0 Å². The molecule has 1 aliphatic rings. The summed E-state index contributed by atoms with van der Waals surface area (Å²) in [6.07, 6.45) is 2.94. The van der Waals surface area contributed by atoms with E-state index >= 15 is 0 Å². The summed E-state index contributed by atoms with van der Waals surface area (Å²) in [5.74, 6) is 0.292. The van der Waals surface area contributed by atoms with Gasteiger partial charge in [0.2, 0.25) is 0 Å². The van der Waals surface area contributed by atoms with Gasteiger partial charge in [-0.2, -0.15) is 0 Å². The predicted octanol–water partition coefficient (Wildman–Crippen LogP) is 1.43. The fraction of sp³-hybridized carbons (Fsp3) is 0.600. The number of hydrogen-bond acceptors (Lipinski definition) is 2. The molecule has 78 valence electrons. The Morgan fingerprint density at radius 3 is 2.86 bits per heavy atom. The molecule has 0 radical (unpaired) electrons. The summed E-state index contributed by atoms with van der Waals surface area (Å²) in [5.41, 5.74) is 0. The highest BCUT2D eigenvalue weighted by Gasteiger charge is 2.26.